The van der Waals surface area contributed by atoms with Gasteiger partial charge < -0.3 is 15.2 Å². The van der Waals surface area contributed by atoms with Crippen LogP contribution in [0.15, 0.2) is 22.7 Å². The van der Waals surface area contributed by atoms with Crippen molar-refractivity contribution in [2.24, 2.45) is 23.0 Å². The monoisotopic (exact) mass is 409 g/mol. The Hall–Kier alpha value is -0.910. The van der Waals surface area contributed by atoms with Gasteiger partial charge in [0.25, 0.3) is 0 Å². The second-order valence-electron chi connectivity index (χ2n) is 7.85. The van der Waals surface area contributed by atoms with E-state index in [-0.39, 0.29) is 17.5 Å². The van der Waals surface area contributed by atoms with Gasteiger partial charge in [-0.2, -0.15) is 0 Å². The van der Waals surface area contributed by atoms with Crippen LogP contribution in [0.1, 0.15) is 44.7 Å². The molecule has 0 saturated heterocycles. The predicted octanol–water partition coefficient (Wildman–Crippen LogP) is 3.79. The van der Waals surface area contributed by atoms with Crippen molar-refractivity contribution < 1.29 is 14.3 Å². The molecule has 0 aliphatic heterocycles. The number of ether oxygens (including phenoxy) is 2. The average molecular weight is 410 g/mol. The molecule has 1 saturated carbocycles. The van der Waals surface area contributed by atoms with Gasteiger partial charge in [0.15, 0.2) is 0 Å². The molecular formula is C20H28BrNO3. The van der Waals surface area contributed by atoms with Crippen LogP contribution in [0.3, 0.4) is 0 Å². The third-order valence-corrected chi connectivity index (χ3v) is 6.77. The molecule has 1 aromatic rings. The van der Waals surface area contributed by atoms with Gasteiger partial charge in [-0.05, 0) is 61.3 Å². The Morgan fingerprint density at radius 1 is 1.32 bits per heavy atom. The summed E-state index contributed by atoms with van der Waals surface area (Å²) in [5, 5.41) is 0. The normalized spacial score (nSPS) is 37.1. The van der Waals surface area contributed by atoms with Crippen molar-refractivity contribution in [3.8, 4) is 0 Å². The maximum absolute atomic E-state index is 13.1. The van der Waals surface area contributed by atoms with Crippen LogP contribution in [0.4, 0.5) is 0 Å². The van der Waals surface area contributed by atoms with E-state index >= 15 is 0 Å². The van der Waals surface area contributed by atoms with Crippen molar-refractivity contribution in [3.05, 3.63) is 33.8 Å². The molecule has 4 nitrogen and oxygen atoms in total. The second-order valence-corrected chi connectivity index (χ2v) is 8.77. The molecule has 3 rings (SSSR count). The van der Waals surface area contributed by atoms with Crippen LogP contribution in [0.25, 0.3) is 0 Å². The first-order valence-electron chi connectivity index (χ1n) is 9.07. The minimum absolute atomic E-state index is 0.201. The van der Waals surface area contributed by atoms with Crippen molar-refractivity contribution in [1.29, 1.82) is 0 Å². The van der Waals surface area contributed by atoms with E-state index in [1.165, 1.54) is 0 Å². The van der Waals surface area contributed by atoms with E-state index < -0.39 is 5.54 Å². The molecule has 1 aromatic carbocycles. The lowest BCUT2D eigenvalue weighted by molar-refractivity contribution is -0.161. The lowest BCUT2D eigenvalue weighted by Gasteiger charge is -2.51. The molecule has 25 heavy (non-hydrogen) atoms. The fourth-order valence-corrected chi connectivity index (χ4v) is 5.83. The Bertz CT molecular complexity index is 665. The number of esters is 1. The summed E-state index contributed by atoms with van der Waals surface area (Å²) in [5.41, 5.74) is 7.60. The molecule has 5 heteroatoms. The molecule has 0 bridgehead atoms. The fraction of sp³-hybridized carbons (Fsp3) is 0.650. The number of methoxy groups -OCH3 is 1. The van der Waals surface area contributed by atoms with Crippen molar-refractivity contribution in [2.75, 3.05) is 13.7 Å². The molecule has 0 unspecified atom stereocenters. The molecule has 0 amide bonds. The first-order chi connectivity index (χ1) is 11.8. The van der Waals surface area contributed by atoms with E-state index in [1.807, 2.05) is 19.1 Å². The first kappa shape index (κ1) is 18.9. The van der Waals surface area contributed by atoms with E-state index in [9.17, 15) is 4.79 Å². The number of rotatable bonds is 3. The lowest BCUT2D eigenvalue weighted by atomic mass is 9.57. The third-order valence-electron chi connectivity index (χ3n) is 6.28. The van der Waals surface area contributed by atoms with E-state index in [0.29, 0.717) is 18.4 Å². The number of carbonyl (C=O) groups excluding carboxylic acids is 1. The molecule has 1 fully saturated rings. The number of nitrogens with two attached hydrogens (primary N) is 1. The summed E-state index contributed by atoms with van der Waals surface area (Å²) in [6.45, 7) is 6.58. The van der Waals surface area contributed by atoms with Gasteiger partial charge in [-0.25, -0.2) is 4.79 Å². The zero-order valence-corrected chi connectivity index (χ0v) is 17.1. The molecule has 1 spiro atoms. The summed E-state index contributed by atoms with van der Waals surface area (Å²) in [5.74, 6) is 0.370. The SMILES string of the molecule is CCOC(=O)[C@]1(N)c2cc(Br)ccc2C[C@@]12C[C@@H](C)[C@H](OC)[C@@H](C)C2. The van der Waals surface area contributed by atoms with Crippen LogP contribution in [0.5, 0.6) is 0 Å². The predicted molar refractivity (Wildman–Crippen MR) is 101 cm³/mol. The summed E-state index contributed by atoms with van der Waals surface area (Å²) >= 11 is 3.53. The molecule has 0 aromatic heterocycles. The van der Waals surface area contributed by atoms with E-state index in [1.54, 1.807) is 7.11 Å². The number of carbonyl (C=O) groups is 1. The van der Waals surface area contributed by atoms with Gasteiger partial charge in [0.2, 0.25) is 0 Å². The highest BCUT2D eigenvalue weighted by Gasteiger charge is 2.63. The van der Waals surface area contributed by atoms with Crippen molar-refractivity contribution >= 4 is 21.9 Å². The average Bonchev–Trinajstić information content (AvgIpc) is 2.77. The largest absolute Gasteiger partial charge is 0.464 e. The van der Waals surface area contributed by atoms with Crippen molar-refractivity contribution in [2.45, 2.75) is 51.7 Å². The lowest BCUT2D eigenvalue weighted by Crippen LogP contribution is -2.60. The highest BCUT2D eigenvalue weighted by molar-refractivity contribution is 9.10. The molecular weight excluding hydrogens is 382 g/mol. The molecule has 138 valence electrons. The minimum atomic E-state index is -1.11. The van der Waals surface area contributed by atoms with Crippen LogP contribution >= 0.6 is 15.9 Å². The molecule has 0 heterocycles. The van der Waals surface area contributed by atoms with Crippen LogP contribution in [-0.4, -0.2) is 25.8 Å². The molecule has 2 aliphatic rings. The van der Waals surface area contributed by atoms with Crippen LogP contribution in [0, 0.1) is 17.3 Å². The van der Waals surface area contributed by atoms with Gasteiger partial charge >= 0.3 is 5.97 Å². The first-order valence-corrected chi connectivity index (χ1v) is 9.86. The quantitative estimate of drug-likeness (QED) is 0.771. The molecule has 2 N–H and O–H groups in total. The Balaban J connectivity index is 2.12. The smallest absolute Gasteiger partial charge is 0.331 e. The van der Waals surface area contributed by atoms with Gasteiger partial charge in [-0.3, -0.25) is 0 Å². The minimum Gasteiger partial charge on any atom is -0.464 e. The molecule has 5 atom stereocenters. The number of fused-ring (bicyclic) bond motifs is 1. The van der Waals surface area contributed by atoms with Gasteiger partial charge in [0, 0.05) is 17.0 Å². The highest BCUT2D eigenvalue weighted by Crippen LogP contribution is 2.59. The zero-order chi connectivity index (χ0) is 18.4. The standard InChI is InChI=1S/C20H28BrNO3/c1-5-25-18(23)20(22)16-8-15(21)7-6-14(16)11-19(20)9-12(2)17(24-4)13(3)10-19/h6-8,12-13,17H,5,9-11,22H2,1-4H3/t12-,13+,17+,19+,20-/m1/s1. The van der Waals surface area contributed by atoms with E-state index in [4.69, 9.17) is 15.2 Å². The second kappa shape index (κ2) is 6.67. The number of halogens is 1. The van der Waals surface area contributed by atoms with E-state index in [2.05, 4.69) is 35.8 Å². The molecule has 0 radical (unpaired) electrons. The molecule has 2 aliphatic carbocycles. The van der Waals surface area contributed by atoms with Gasteiger partial charge in [-0.1, -0.05) is 35.8 Å². The third kappa shape index (κ3) is 2.75. The van der Waals surface area contributed by atoms with Gasteiger partial charge in [-0.15, -0.1) is 0 Å². The number of hydrogen-bond donors (Lipinski definition) is 1. The highest BCUT2D eigenvalue weighted by atomic mass is 79.9. The number of hydrogen-bond acceptors (Lipinski definition) is 4. The number of benzene rings is 1. The van der Waals surface area contributed by atoms with E-state index in [0.717, 1.165) is 34.9 Å². The van der Waals surface area contributed by atoms with Crippen molar-refractivity contribution in [3.63, 3.8) is 0 Å². The van der Waals surface area contributed by atoms with Gasteiger partial charge in [0.05, 0.1) is 12.7 Å². The van der Waals surface area contributed by atoms with Gasteiger partial charge in [0.1, 0.15) is 5.54 Å². The Morgan fingerprint density at radius 2 is 1.96 bits per heavy atom. The van der Waals surface area contributed by atoms with Crippen LogP contribution in [-0.2, 0) is 26.2 Å². The maximum atomic E-state index is 13.1. The maximum Gasteiger partial charge on any atom is 0.331 e. The van der Waals surface area contributed by atoms with Crippen LogP contribution < -0.4 is 5.73 Å². The van der Waals surface area contributed by atoms with Crippen LogP contribution in [0.2, 0.25) is 0 Å². The summed E-state index contributed by atoms with van der Waals surface area (Å²) < 4.78 is 12.1. The topological polar surface area (TPSA) is 61.5 Å². The Labute approximate surface area is 158 Å². The summed E-state index contributed by atoms with van der Waals surface area (Å²) in [6.07, 6.45) is 2.73. The Kier molecular flexibility index (Phi) is 5.04. The summed E-state index contributed by atoms with van der Waals surface area (Å²) in [7, 11) is 1.78. The fourth-order valence-electron chi connectivity index (χ4n) is 5.47. The zero-order valence-electron chi connectivity index (χ0n) is 15.5. The van der Waals surface area contributed by atoms with Crippen molar-refractivity contribution in [1.82, 2.24) is 0 Å². The summed E-state index contributed by atoms with van der Waals surface area (Å²) in [4.78, 5) is 13.1. The Morgan fingerprint density at radius 3 is 2.52 bits per heavy atom. The summed E-state index contributed by atoms with van der Waals surface area (Å²) in [6, 6.07) is 6.11.